The van der Waals surface area contributed by atoms with Crippen LogP contribution in [0.2, 0.25) is 5.02 Å². The second-order valence-corrected chi connectivity index (χ2v) is 12.1. The van der Waals surface area contributed by atoms with Crippen LogP contribution in [0.1, 0.15) is 49.6 Å². The number of likely N-dealkylation sites (N-methyl/N-ethyl adjacent to an activating group) is 1. The summed E-state index contributed by atoms with van der Waals surface area (Å²) in [7, 11) is 0. The van der Waals surface area contributed by atoms with Gasteiger partial charge >= 0.3 is 0 Å². The molecule has 0 fully saturated rings. The Labute approximate surface area is 268 Å². The number of aromatic amines is 1. The summed E-state index contributed by atoms with van der Waals surface area (Å²) in [5, 5.41) is 1.15. The second-order valence-electron chi connectivity index (χ2n) is 10.7. The van der Waals surface area contributed by atoms with Gasteiger partial charge in [-0.05, 0) is 66.0 Å². The van der Waals surface area contributed by atoms with Crippen molar-refractivity contribution in [2.24, 2.45) is 0 Å². The van der Waals surface area contributed by atoms with E-state index in [1.165, 1.54) is 23.9 Å². The quantitative estimate of drug-likeness (QED) is 0.109. The normalized spacial score (nSPS) is 11.2. The Morgan fingerprint density at radius 2 is 1.50 bits per heavy atom. The van der Waals surface area contributed by atoms with Gasteiger partial charge in [0, 0.05) is 36.0 Å². The molecule has 1 aromatic heterocycles. The van der Waals surface area contributed by atoms with E-state index in [1.54, 1.807) is 12.1 Å². The average Bonchev–Trinajstić information content (AvgIpc) is 3.03. The van der Waals surface area contributed by atoms with Crippen molar-refractivity contribution in [1.82, 2.24) is 19.8 Å². The molecular weight excluding hydrogens is 595 g/mol. The van der Waals surface area contributed by atoms with Crippen LogP contribution in [-0.2, 0) is 29.9 Å². The maximum absolute atomic E-state index is 13.9. The first kappa shape index (κ1) is 33.4. The molecule has 0 aliphatic carbocycles. The van der Waals surface area contributed by atoms with Crippen LogP contribution in [0.4, 0.5) is 4.39 Å². The molecule has 4 rings (SSSR count). The van der Waals surface area contributed by atoms with Gasteiger partial charge in [0.25, 0.3) is 5.56 Å². The highest BCUT2D eigenvalue weighted by atomic mass is 35.5. The number of H-pyrrole nitrogens is 1. The van der Waals surface area contributed by atoms with Gasteiger partial charge in [0.05, 0.1) is 12.1 Å². The van der Waals surface area contributed by atoms with E-state index in [9.17, 15) is 14.0 Å². The summed E-state index contributed by atoms with van der Waals surface area (Å²) in [6.07, 6.45) is 1.35. The van der Waals surface area contributed by atoms with Gasteiger partial charge in [-0.15, -0.1) is 0 Å². The predicted molar refractivity (Wildman–Crippen MR) is 179 cm³/mol. The third-order valence-electron chi connectivity index (χ3n) is 7.63. The Morgan fingerprint density at radius 1 is 0.886 bits per heavy atom. The van der Waals surface area contributed by atoms with E-state index in [2.05, 4.69) is 48.0 Å². The zero-order valence-electron chi connectivity index (χ0n) is 25.6. The zero-order valence-corrected chi connectivity index (χ0v) is 27.2. The number of rotatable bonds is 15. The van der Waals surface area contributed by atoms with Crippen molar-refractivity contribution in [3.05, 3.63) is 116 Å². The van der Waals surface area contributed by atoms with Crippen molar-refractivity contribution >= 4 is 29.3 Å². The van der Waals surface area contributed by atoms with E-state index in [1.807, 2.05) is 36.1 Å². The first-order valence-electron chi connectivity index (χ1n) is 15.1. The number of nitrogens with zero attached hydrogens (tertiary/aromatic N) is 3. The number of carbonyl (C=O) groups is 1. The molecule has 3 aromatic carbocycles. The minimum Gasteiger partial charge on any atom is -0.337 e. The SMILES string of the molecule is CCCc1c(CC(=O)N(CCN(CC)CC)Cc2ccc(-c3ccc(Cl)cc3)cc2)nc(SCc2ccc(F)cc2)[nH]c1=O. The summed E-state index contributed by atoms with van der Waals surface area (Å²) in [6.45, 7) is 9.83. The number of hydrogen-bond donors (Lipinski definition) is 1. The highest BCUT2D eigenvalue weighted by molar-refractivity contribution is 7.98. The molecule has 6 nitrogen and oxygen atoms in total. The summed E-state index contributed by atoms with van der Waals surface area (Å²) in [6, 6.07) is 22.2. The van der Waals surface area contributed by atoms with Gasteiger partial charge in [-0.25, -0.2) is 9.37 Å². The molecule has 0 saturated heterocycles. The van der Waals surface area contributed by atoms with E-state index in [0.29, 0.717) is 46.7 Å². The Balaban J connectivity index is 1.55. The van der Waals surface area contributed by atoms with Crippen LogP contribution >= 0.6 is 23.4 Å². The lowest BCUT2D eigenvalue weighted by atomic mass is 10.0. The maximum atomic E-state index is 13.9. The van der Waals surface area contributed by atoms with E-state index >= 15 is 0 Å². The van der Waals surface area contributed by atoms with E-state index in [4.69, 9.17) is 16.6 Å². The Kier molecular flexibility index (Phi) is 12.6. The molecule has 0 aliphatic rings. The van der Waals surface area contributed by atoms with Gasteiger partial charge in [0.1, 0.15) is 5.82 Å². The van der Waals surface area contributed by atoms with Crippen molar-refractivity contribution in [1.29, 1.82) is 0 Å². The number of amides is 1. The molecule has 0 saturated carbocycles. The molecule has 0 bridgehead atoms. The molecule has 1 N–H and O–H groups in total. The summed E-state index contributed by atoms with van der Waals surface area (Å²) in [5.74, 6) is 0.160. The summed E-state index contributed by atoms with van der Waals surface area (Å²) in [5.41, 5.74) is 4.97. The minimum absolute atomic E-state index is 0.0461. The van der Waals surface area contributed by atoms with E-state index in [0.717, 1.165) is 48.3 Å². The van der Waals surface area contributed by atoms with Crippen LogP contribution in [0.25, 0.3) is 11.1 Å². The van der Waals surface area contributed by atoms with Crippen LogP contribution in [0, 0.1) is 5.82 Å². The fourth-order valence-corrected chi connectivity index (χ4v) is 5.95. The Hall–Kier alpha value is -3.46. The Bertz CT molecular complexity index is 1560. The number of thioether (sulfide) groups is 1. The third-order valence-corrected chi connectivity index (χ3v) is 8.82. The minimum atomic E-state index is -0.293. The van der Waals surface area contributed by atoms with Crippen LogP contribution in [0.5, 0.6) is 0 Å². The molecule has 1 amide bonds. The Morgan fingerprint density at radius 3 is 2.11 bits per heavy atom. The van der Waals surface area contributed by atoms with Crippen LogP contribution < -0.4 is 5.56 Å². The topological polar surface area (TPSA) is 69.3 Å². The molecule has 0 atom stereocenters. The van der Waals surface area contributed by atoms with Crippen LogP contribution in [0.15, 0.2) is 82.7 Å². The van der Waals surface area contributed by atoms with Gasteiger partial charge in [-0.1, -0.05) is 99.1 Å². The fraction of sp³-hybridized carbons (Fsp3) is 0.343. The van der Waals surface area contributed by atoms with Crippen molar-refractivity contribution in [2.75, 3.05) is 26.2 Å². The van der Waals surface area contributed by atoms with Crippen molar-refractivity contribution in [2.45, 2.75) is 57.5 Å². The van der Waals surface area contributed by atoms with Crippen LogP contribution in [0.3, 0.4) is 0 Å². The average molecular weight is 635 g/mol. The smallest absolute Gasteiger partial charge is 0.254 e. The lowest BCUT2D eigenvalue weighted by Gasteiger charge is -2.27. The van der Waals surface area contributed by atoms with E-state index in [-0.39, 0.29) is 23.7 Å². The molecule has 1 heterocycles. The van der Waals surface area contributed by atoms with Gasteiger partial charge in [0.15, 0.2) is 5.16 Å². The number of nitrogens with one attached hydrogen (secondary N) is 1. The van der Waals surface area contributed by atoms with Gasteiger partial charge in [-0.3, -0.25) is 9.59 Å². The highest BCUT2D eigenvalue weighted by Crippen LogP contribution is 2.23. The van der Waals surface area contributed by atoms with Crippen molar-refractivity contribution < 1.29 is 9.18 Å². The summed E-state index contributed by atoms with van der Waals surface area (Å²) in [4.78, 5) is 38.8. The number of hydrogen-bond acceptors (Lipinski definition) is 5. The van der Waals surface area contributed by atoms with Crippen LogP contribution in [-0.4, -0.2) is 51.9 Å². The molecule has 4 aromatic rings. The predicted octanol–water partition coefficient (Wildman–Crippen LogP) is 7.39. The standard InChI is InChI=1S/C35H40ClFN4O2S/c1-4-7-31-32(38-35(39-34(31)43)44-24-26-10-18-30(37)19-11-26)22-33(42)41(21-20-40(5-2)6-3)23-25-8-12-27(13-9-25)28-14-16-29(36)17-15-28/h8-19H,4-7,20-24H2,1-3H3,(H,38,39,43). The summed E-state index contributed by atoms with van der Waals surface area (Å²) >= 11 is 7.42. The van der Waals surface area contributed by atoms with Gasteiger partial charge in [0.2, 0.25) is 5.91 Å². The molecule has 0 unspecified atom stereocenters. The molecule has 232 valence electrons. The van der Waals surface area contributed by atoms with E-state index < -0.39 is 0 Å². The van der Waals surface area contributed by atoms with Gasteiger partial charge < -0.3 is 14.8 Å². The first-order valence-corrected chi connectivity index (χ1v) is 16.5. The lowest BCUT2D eigenvalue weighted by Crippen LogP contribution is -2.39. The largest absolute Gasteiger partial charge is 0.337 e. The molecule has 9 heteroatoms. The number of halogens is 2. The number of aromatic nitrogens is 2. The second kappa shape index (κ2) is 16.6. The molecule has 0 radical (unpaired) electrons. The number of carbonyl (C=O) groups excluding carboxylic acids is 1. The number of benzene rings is 3. The monoisotopic (exact) mass is 634 g/mol. The van der Waals surface area contributed by atoms with Crippen molar-refractivity contribution in [3.63, 3.8) is 0 Å². The zero-order chi connectivity index (χ0) is 31.5. The van der Waals surface area contributed by atoms with Crippen molar-refractivity contribution in [3.8, 4) is 11.1 Å². The maximum Gasteiger partial charge on any atom is 0.254 e. The molecular formula is C35H40ClFN4O2S. The highest BCUT2D eigenvalue weighted by Gasteiger charge is 2.20. The first-order chi connectivity index (χ1) is 21.3. The third kappa shape index (κ3) is 9.52. The lowest BCUT2D eigenvalue weighted by molar-refractivity contribution is -0.131. The molecule has 44 heavy (non-hydrogen) atoms. The van der Waals surface area contributed by atoms with Gasteiger partial charge in [-0.2, -0.15) is 0 Å². The molecule has 0 aliphatic heterocycles. The fourth-order valence-electron chi connectivity index (χ4n) is 4.99. The molecule has 0 spiro atoms. The summed E-state index contributed by atoms with van der Waals surface area (Å²) < 4.78 is 13.3.